The zero-order valence-corrected chi connectivity index (χ0v) is 19.6. The summed E-state index contributed by atoms with van der Waals surface area (Å²) in [7, 11) is -3.68. The second-order valence-corrected chi connectivity index (χ2v) is 10.9. The van der Waals surface area contributed by atoms with Crippen molar-refractivity contribution in [3.05, 3.63) is 108 Å². The lowest BCUT2D eigenvalue weighted by Crippen LogP contribution is -2.34. The van der Waals surface area contributed by atoms with Crippen molar-refractivity contribution < 1.29 is 18.7 Å². The molecule has 0 amide bonds. The molecule has 6 nitrogen and oxygen atoms in total. The van der Waals surface area contributed by atoms with E-state index in [0.717, 1.165) is 11.1 Å². The molecule has 0 bridgehead atoms. The molecule has 0 saturated heterocycles. The SMILES string of the molecule is CC(c1ccc(N=C=O)cc1)(c1ccc(N=C=O)cc1)P1(=O)Oc2ccccc2-c2ccccc21. The lowest BCUT2D eigenvalue weighted by Gasteiger charge is -2.41. The predicted octanol–water partition coefficient (Wildman–Crippen LogP) is 6.55. The van der Waals surface area contributed by atoms with Gasteiger partial charge in [0.05, 0.1) is 16.7 Å². The zero-order chi connectivity index (χ0) is 24.5. The Morgan fingerprint density at radius 3 is 1.71 bits per heavy atom. The van der Waals surface area contributed by atoms with Gasteiger partial charge in [-0.05, 0) is 60.0 Å². The molecule has 1 atom stereocenters. The van der Waals surface area contributed by atoms with Gasteiger partial charge < -0.3 is 4.52 Å². The molecule has 0 fully saturated rings. The molecule has 1 aliphatic rings. The molecule has 4 aromatic rings. The van der Waals surface area contributed by atoms with E-state index in [1.807, 2.05) is 55.5 Å². The van der Waals surface area contributed by atoms with E-state index in [0.29, 0.717) is 33.6 Å². The summed E-state index contributed by atoms with van der Waals surface area (Å²) in [6.45, 7) is 1.88. The number of hydrogen-bond donors (Lipinski definition) is 0. The number of nitrogens with zero attached hydrogens (tertiary/aromatic N) is 2. The summed E-state index contributed by atoms with van der Waals surface area (Å²) in [5.74, 6) is 0.546. The Hall–Kier alpha value is -4.33. The summed E-state index contributed by atoms with van der Waals surface area (Å²) in [6.07, 6.45) is 3.08. The van der Waals surface area contributed by atoms with Gasteiger partial charge in [-0.3, -0.25) is 4.57 Å². The standard InChI is InChI=1S/C28H19N2O4P/c1-28(20-10-14-22(15-11-20)29-18-31,21-12-16-23(17-13-21)30-19-32)35(33)27-9-5-3-7-25(27)24-6-2-4-8-26(24)34-35/h2-17H,1H3. The monoisotopic (exact) mass is 478 g/mol. The third-order valence-corrected chi connectivity index (χ3v) is 9.59. The fourth-order valence-corrected chi connectivity index (χ4v) is 7.55. The average molecular weight is 478 g/mol. The second-order valence-electron chi connectivity index (χ2n) is 8.23. The Bertz CT molecular complexity index is 1500. The molecule has 0 aromatic heterocycles. The van der Waals surface area contributed by atoms with Crippen LogP contribution in [0.5, 0.6) is 5.75 Å². The Labute approximate surface area is 202 Å². The number of benzene rings is 4. The number of para-hydroxylation sites is 1. The van der Waals surface area contributed by atoms with E-state index in [9.17, 15) is 9.59 Å². The molecule has 170 valence electrons. The number of aliphatic imine (C=N–C) groups is 2. The van der Waals surface area contributed by atoms with Crippen molar-refractivity contribution in [2.75, 3.05) is 0 Å². The highest BCUT2D eigenvalue weighted by Gasteiger charge is 2.53. The number of carbonyl (C=O) groups excluding carboxylic acids is 2. The maximum Gasteiger partial charge on any atom is 0.292 e. The first kappa shape index (κ1) is 22.5. The fourth-order valence-electron chi connectivity index (χ4n) is 4.58. The van der Waals surface area contributed by atoms with E-state index >= 15 is 4.57 Å². The molecular formula is C28H19N2O4P. The van der Waals surface area contributed by atoms with Gasteiger partial charge in [0.25, 0.3) is 7.37 Å². The molecule has 7 heteroatoms. The van der Waals surface area contributed by atoms with E-state index in [1.54, 1.807) is 60.7 Å². The molecule has 1 unspecified atom stereocenters. The van der Waals surface area contributed by atoms with Gasteiger partial charge in [0.2, 0.25) is 12.2 Å². The van der Waals surface area contributed by atoms with Crippen molar-refractivity contribution in [3.8, 4) is 16.9 Å². The number of fused-ring (bicyclic) bond motifs is 3. The summed E-state index contributed by atoms with van der Waals surface area (Å²) in [5, 5.41) is -0.519. The minimum atomic E-state index is -3.68. The molecule has 35 heavy (non-hydrogen) atoms. The normalized spacial score (nSPS) is 17.4. The van der Waals surface area contributed by atoms with Crippen LogP contribution in [0.1, 0.15) is 18.1 Å². The van der Waals surface area contributed by atoms with Crippen LogP contribution < -0.4 is 9.83 Å². The summed E-state index contributed by atoms with van der Waals surface area (Å²) in [5.41, 5.74) is 4.04. The second kappa shape index (κ2) is 8.79. The maximum atomic E-state index is 15.3. The van der Waals surface area contributed by atoms with Gasteiger partial charge in [0.1, 0.15) is 10.9 Å². The number of rotatable bonds is 5. The average Bonchev–Trinajstić information content (AvgIpc) is 2.90. The van der Waals surface area contributed by atoms with Crippen molar-refractivity contribution in [3.63, 3.8) is 0 Å². The summed E-state index contributed by atoms with van der Waals surface area (Å²) < 4.78 is 21.7. The lowest BCUT2D eigenvalue weighted by atomic mass is 9.91. The van der Waals surface area contributed by atoms with Crippen LogP contribution in [-0.4, -0.2) is 12.2 Å². The van der Waals surface area contributed by atoms with Crippen molar-refractivity contribution in [1.82, 2.24) is 0 Å². The number of isocyanates is 2. The highest BCUT2D eigenvalue weighted by atomic mass is 31.2. The van der Waals surface area contributed by atoms with Gasteiger partial charge in [-0.2, -0.15) is 9.98 Å². The molecular weight excluding hydrogens is 459 g/mol. The van der Waals surface area contributed by atoms with E-state index in [2.05, 4.69) is 9.98 Å². The molecule has 4 aromatic carbocycles. The van der Waals surface area contributed by atoms with E-state index in [1.165, 1.54) is 0 Å². The van der Waals surface area contributed by atoms with Gasteiger partial charge >= 0.3 is 0 Å². The van der Waals surface area contributed by atoms with Gasteiger partial charge in [-0.1, -0.05) is 60.7 Å². The van der Waals surface area contributed by atoms with Crippen LogP contribution >= 0.6 is 7.37 Å². The molecule has 1 aliphatic heterocycles. The first-order chi connectivity index (χ1) is 17.0. The molecule has 0 N–H and O–H groups in total. The highest BCUT2D eigenvalue weighted by Crippen LogP contribution is 2.68. The minimum Gasteiger partial charge on any atom is -0.438 e. The van der Waals surface area contributed by atoms with E-state index in [4.69, 9.17) is 4.52 Å². The molecule has 0 saturated carbocycles. The predicted molar refractivity (Wildman–Crippen MR) is 135 cm³/mol. The van der Waals surface area contributed by atoms with E-state index in [-0.39, 0.29) is 0 Å². The van der Waals surface area contributed by atoms with Crippen molar-refractivity contribution in [2.45, 2.75) is 12.1 Å². The molecule has 0 spiro atoms. The van der Waals surface area contributed by atoms with Crippen molar-refractivity contribution in [2.24, 2.45) is 9.98 Å². The fraction of sp³-hybridized carbons (Fsp3) is 0.0714. The highest BCUT2D eigenvalue weighted by molar-refractivity contribution is 7.69. The van der Waals surface area contributed by atoms with Gasteiger partial charge in [0.15, 0.2) is 0 Å². The van der Waals surface area contributed by atoms with Gasteiger partial charge in [-0.15, -0.1) is 0 Å². The van der Waals surface area contributed by atoms with E-state index < -0.39 is 12.5 Å². The Morgan fingerprint density at radius 2 is 1.17 bits per heavy atom. The van der Waals surface area contributed by atoms with Crippen LogP contribution in [0.15, 0.2) is 107 Å². The zero-order valence-electron chi connectivity index (χ0n) is 18.7. The molecule has 0 aliphatic carbocycles. The Balaban J connectivity index is 1.80. The van der Waals surface area contributed by atoms with Crippen molar-refractivity contribution >= 4 is 36.2 Å². The summed E-state index contributed by atoms with van der Waals surface area (Å²) in [4.78, 5) is 28.8. The van der Waals surface area contributed by atoms with Crippen LogP contribution in [0.25, 0.3) is 11.1 Å². The summed E-state index contributed by atoms with van der Waals surface area (Å²) in [6, 6.07) is 29.0. The third-order valence-electron chi connectivity index (χ3n) is 6.42. The van der Waals surface area contributed by atoms with Crippen LogP contribution in [-0.2, 0) is 19.3 Å². The lowest BCUT2D eigenvalue weighted by molar-refractivity contribution is 0.463. The molecule has 0 radical (unpaired) electrons. The number of hydrogen-bond acceptors (Lipinski definition) is 6. The molecule has 5 rings (SSSR count). The van der Waals surface area contributed by atoms with Crippen LogP contribution in [0.2, 0.25) is 0 Å². The van der Waals surface area contributed by atoms with Gasteiger partial charge in [0, 0.05) is 5.56 Å². The van der Waals surface area contributed by atoms with Gasteiger partial charge in [-0.25, -0.2) is 9.59 Å². The van der Waals surface area contributed by atoms with Crippen LogP contribution in [0.3, 0.4) is 0 Å². The largest absolute Gasteiger partial charge is 0.438 e. The third kappa shape index (κ3) is 3.58. The topological polar surface area (TPSA) is 85.2 Å². The van der Waals surface area contributed by atoms with Crippen molar-refractivity contribution in [1.29, 1.82) is 0 Å². The Morgan fingerprint density at radius 1 is 0.686 bits per heavy atom. The minimum absolute atomic E-state index is 0.440. The summed E-state index contributed by atoms with van der Waals surface area (Å²) >= 11 is 0. The molecule has 1 heterocycles. The van der Waals surface area contributed by atoms with Crippen LogP contribution in [0, 0.1) is 0 Å². The van der Waals surface area contributed by atoms with Crippen LogP contribution in [0.4, 0.5) is 11.4 Å². The maximum absolute atomic E-state index is 15.3. The first-order valence-corrected chi connectivity index (χ1v) is 12.5. The first-order valence-electron chi connectivity index (χ1n) is 10.9. The smallest absolute Gasteiger partial charge is 0.292 e. The Kier molecular flexibility index (Phi) is 5.64. The quantitative estimate of drug-likeness (QED) is 0.185.